The van der Waals surface area contributed by atoms with Crippen LogP contribution in [0, 0.1) is 5.41 Å². The molecule has 1 aliphatic rings. The average Bonchev–Trinajstić information content (AvgIpc) is 2.80. The summed E-state index contributed by atoms with van der Waals surface area (Å²) in [5.41, 5.74) is 0.643. The molecule has 0 radical (unpaired) electrons. The maximum absolute atomic E-state index is 12.8. The molecule has 1 fully saturated rings. The van der Waals surface area contributed by atoms with Crippen molar-refractivity contribution in [1.82, 2.24) is 14.7 Å². The molecule has 138 valence electrons. The second-order valence-electron chi connectivity index (χ2n) is 7.98. The Morgan fingerprint density at radius 3 is 2.20 bits per heavy atom. The normalized spacial score (nSPS) is 17.7. The number of hydrogen-bond acceptors (Lipinski definition) is 3. The molecule has 1 aliphatic heterocycles. The van der Waals surface area contributed by atoms with Gasteiger partial charge in [0.1, 0.15) is 6.04 Å². The Morgan fingerprint density at radius 1 is 1.00 bits per heavy atom. The summed E-state index contributed by atoms with van der Waals surface area (Å²) in [4.78, 5) is 31.2. The highest BCUT2D eigenvalue weighted by molar-refractivity contribution is 5.83. The first-order valence-corrected chi connectivity index (χ1v) is 9.01. The highest BCUT2D eigenvalue weighted by atomic mass is 16.2. The highest BCUT2D eigenvalue weighted by Gasteiger charge is 2.33. The van der Waals surface area contributed by atoms with Crippen LogP contribution < -0.4 is 0 Å². The van der Waals surface area contributed by atoms with Crippen LogP contribution in [0.3, 0.4) is 0 Å². The molecular formula is C20H31N3O2. The summed E-state index contributed by atoms with van der Waals surface area (Å²) in [6.07, 6.45) is 0.881. The summed E-state index contributed by atoms with van der Waals surface area (Å²) in [5, 5.41) is 0. The summed E-state index contributed by atoms with van der Waals surface area (Å²) in [6, 6.07) is 9.63. The van der Waals surface area contributed by atoms with E-state index >= 15 is 0 Å². The molecule has 2 rings (SSSR count). The Morgan fingerprint density at radius 2 is 1.64 bits per heavy atom. The number of likely N-dealkylation sites (N-methyl/N-ethyl adjacent to an activating group) is 1. The van der Waals surface area contributed by atoms with E-state index in [0.717, 1.165) is 25.1 Å². The van der Waals surface area contributed by atoms with Crippen molar-refractivity contribution in [2.45, 2.75) is 33.2 Å². The molecule has 1 heterocycles. The molecule has 5 nitrogen and oxygen atoms in total. The van der Waals surface area contributed by atoms with Gasteiger partial charge in [0.15, 0.2) is 0 Å². The van der Waals surface area contributed by atoms with Gasteiger partial charge in [0, 0.05) is 45.7 Å². The number of benzene rings is 1. The summed E-state index contributed by atoms with van der Waals surface area (Å²) in [5.74, 6) is 0.270. The van der Waals surface area contributed by atoms with Crippen molar-refractivity contribution in [2.75, 3.05) is 40.3 Å². The maximum atomic E-state index is 12.8. The van der Waals surface area contributed by atoms with Gasteiger partial charge in [-0.05, 0) is 12.0 Å². The minimum atomic E-state index is -0.368. The molecular weight excluding hydrogens is 314 g/mol. The Bertz CT molecular complexity index is 593. The SMILES string of the molecule is CN(C)C(=O)[C@H](c1ccccc1)N1CCCN(C(=O)C(C)(C)C)CC1. The third kappa shape index (κ3) is 4.82. The summed E-state index contributed by atoms with van der Waals surface area (Å²) >= 11 is 0. The molecule has 1 saturated heterocycles. The average molecular weight is 345 g/mol. The standard InChI is InChI=1S/C20H31N3O2/c1-20(2,3)19(25)23-13-9-12-22(14-15-23)17(18(24)21(4)5)16-10-7-6-8-11-16/h6-8,10-11,17H,9,12-15H2,1-5H3/t17-/m0/s1. The number of hydrogen-bond donors (Lipinski definition) is 0. The van der Waals surface area contributed by atoms with Crippen LogP contribution in [0.15, 0.2) is 30.3 Å². The fraction of sp³-hybridized carbons (Fsp3) is 0.600. The summed E-state index contributed by atoms with van der Waals surface area (Å²) in [6.45, 7) is 8.82. The monoisotopic (exact) mass is 345 g/mol. The quantitative estimate of drug-likeness (QED) is 0.845. The molecule has 0 spiro atoms. The van der Waals surface area contributed by atoms with E-state index in [-0.39, 0.29) is 23.3 Å². The summed E-state index contributed by atoms with van der Waals surface area (Å²) in [7, 11) is 3.59. The highest BCUT2D eigenvalue weighted by Crippen LogP contribution is 2.25. The van der Waals surface area contributed by atoms with Gasteiger partial charge in [-0.15, -0.1) is 0 Å². The smallest absolute Gasteiger partial charge is 0.244 e. The van der Waals surface area contributed by atoms with Crippen LogP contribution in [-0.2, 0) is 9.59 Å². The van der Waals surface area contributed by atoms with Gasteiger partial charge < -0.3 is 9.80 Å². The number of carbonyl (C=O) groups excluding carboxylic acids is 2. The largest absolute Gasteiger partial charge is 0.347 e. The van der Waals surface area contributed by atoms with Crippen LogP contribution in [-0.4, -0.2) is 66.8 Å². The predicted molar refractivity (Wildman–Crippen MR) is 100 cm³/mol. The number of rotatable bonds is 3. The van der Waals surface area contributed by atoms with Crippen LogP contribution in [0.4, 0.5) is 0 Å². The zero-order chi connectivity index (χ0) is 18.6. The molecule has 0 saturated carbocycles. The lowest BCUT2D eigenvalue weighted by Crippen LogP contribution is -2.44. The molecule has 1 atom stereocenters. The molecule has 0 aromatic heterocycles. The number of carbonyl (C=O) groups is 2. The minimum absolute atomic E-state index is 0.0850. The van der Waals surface area contributed by atoms with Crippen molar-refractivity contribution in [1.29, 1.82) is 0 Å². The van der Waals surface area contributed by atoms with Crippen molar-refractivity contribution in [3.8, 4) is 0 Å². The molecule has 0 bridgehead atoms. The van der Waals surface area contributed by atoms with E-state index in [1.807, 2.05) is 56.0 Å². The van der Waals surface area contributed by atoms with Crippen molar-refractivity contribution >= 4 is 11.8 Å². The maximum Gasteiger partial charge on any atom is 0.244 e. The van der Waals surface area contributed by atoms with Crippen LogP contribution in [0.2, 0.25) is 0 Å². The van der Waals surface area contributed by atoms with Crippen LogP contribution in [0.1, 0.15) is 38.8 Å². The molecule has 25 heavy (non-hydrogen) atoms. The third-order valence-corrected chi connectivity index (χ3v) is 4.61. The van der Waals surface area contributed by atoms with E-state index in [9.17, 15) is 9.59 Å². The van der Waals surface area contributed by atoms with Gasteiger partial charge >= 0.3 is 0 Å². The van der Waals surface area contributed by atoms with Crippen molar-refractivity contribution < 1.29 is 9.59 Å². The van der Waals surface area contributed by atoms with Gasteiger partial charge in [0.25, 0.3) is 0 Å². The lowest BCUT2D eigenvalue weighted by atomic mass is 9.94. The molecule has 2 amide bonds. The van der Waals surface area contributed by atoms with E-state index < -0.39 is 0 Å². The molecule has 0 aliphatic carbocycles. The first-order chi connectivity index (χ1) is 11.7. The molecule has 5 heteroatoms. The topological polar surface area (TPSA) is 43.9 Å². The minimum Gasteiger partial charge on any atom is -0.347 e. The van der Waals surface area contributed by atoms with Crippen molar-refractivity contribution in [3.63, 3.8) is 0 Å². The van der Waals surface area contributed by atoms with E-state index in [1.165, 1.54) is 0 Å². The Hall–Kier alpha value is -1.88. The zero-order valence-corrected chi connectivity index (χ0v) is 16.2. The molecule has 1 aromatic rings. The Kier molecular flexibility index (Phi) is 6.22. The molecule has 1 aromatic carbocycles. The van der Waals surface area contributed by atoms with E-state index in [1.54, 1.807) is 19.0 Å². The lowest BCUT2D eigenvalue weighted by Gasteiger charge is -2.32. The number of nitrogens with zero attached hydrogens (tertiary/aromatic N) is 3. The second-order valence-corrected chi connectivity index (χ2v) is 7.98. The third-order valence-electron chi connectivity index (χ3n) is 4.61. The van der Waals surface area contributed by atoms with Gasteiger partial charge in [-0.2, -0.15) is 0 Å². The summed E-state index contributed by atoms with van der Waals surface area (Å²) < 4.78 is 0. The van der Waals surface area contributed by atoms with Gasteiger partial charge in [0.05, 0.1) is 0 Å². The van der Waals surface area contributed by atoms with Gasteiger partial charge in [0.2, 0.25) is 11.8 Å². The van der Waals surface area contributed by atoms with E-state index in [4.69, 9.17) is 0 Å². The second kappa shape index (κ2) is 8.00. The van der Waals surface area contributed by atoms with Crippen LogP contribution in [0.5, 0.6) is 0 Å². The van der Waals surface area contributed by atoms with Crippen LogP contribution in [0.25, 0.3) is 0 Å². The van der Waals surface area contributed by atoms with Gasteiger partial charge in [-0.1, -0.05) is 51.1 Å². The predicted octanol–water partition coefficient (Wildman–Crippen LogP) is 2.40. The fourth-order valence-electron chi connectivity index (χ4n) is 3.26. The van der Waals surface area contributed by atoms with Crippen molar-refractivity contribution in [3.05, 3.63) is 35.9 Å². The zero-order valence-electron chi connectivity index (χ0n) is 16.2. The first-order valence-electron chi connectivity index (χ1n) is 9.01. The van der Waals surface area contributed by atoms with Gasteiger partial charge in [-0.3, -0.25) is 14.5 Å². The van der Waals surface area contributed by atoms with Crippen molar-refractivity contribution in [2.24, 2.45) is 5.41 Å². The Labute approximate surface area is 151 Å². The van der Waals surface area contributed by atoms with E-state index in [0.29, 0.717) is 13.1 Å². The lowest BCUT2D eigenvalue weighted by molar-refractivity contribution is -0.139. The number of amides is 2. The van der Waals surface area contributed by atoms with Crippen LogP contribution >= 0.6 is 0 Å². The first kappa shape index (κ1) is 19.4. The fourth-order valence-corrected chi connectivity index (χ4v) is 3.26. The van der Waals surface area contributed by atoms with E-state index in [2.05, 4.69) is 4.90 Å². The Balaban J connectivity index is 2.19. The molecule has 0 N–H and O–H groups in total. The molecule has 0 unspecified atom stereocenters. The van der Waals surface area contributed by atoms with Gasteiger partial charge in [-0.25, -0.2) is 0 Å².